The number of imidazole rings is 1. The Morgan fingerprint density at radius 2 is 1.52 bits per heavy atom. The van der Waals surface area contributed by atoms with Crippen molar-refractivity contribution in [3.63, 3.8) is 0 Å². The molecule has 0 fully saturated rings. The molecule has 0 aliphatic carbocycles. The molecule has 6 aromatic rings. The number of halogens is 1. The summed E-state index contributed by atoms with van der Waals surface area (Å²) in [5.41, 5.74) is 3.17. The lowest BCUT2D eigenvalue weighted by Gasteiger charge is -2.27. The van der Waals surface area contributed by atoms with E-state index in [0.29, 0.717) is 17.7 Å². The van der Waals surface area contributed by atoms with E-state index in [0.717, 1.165) is 21.1 Å². The quantitative estimate of drug-likeness (QED) is 0.125. The van der Waals surface area contributed by atoms with Gasteiger partial charge in [-0.25, -0.2) is 9.13 Å². The third-order valence-corrected chi connectivity index (χ3v) is 8.09. The molecule has 0 aliphatic rings. The second-order valence-electron chi connectivity index (χ2n) is 9.98. The van der Waals surface area contributed by atoms with Gasteiger partial charge in [-0.3, -0.25) is 14.6 Å². The average molecular weight is 638 g/mol. The van der Waals surface area contributed by atoms with E-state index in [1.54, 1.807) is 24.3 Å². The number of hydrogen-bond donors (Lipinski definition) is 2. The van der Waals surface area contributed by atoms with Gasteiger partial charge >= 0.3 is 0 Å². The summed E-state index contributed by atoms with van der Waals surface area (Å²) in [7, 11) is 0. The van der Waals surface area contributed by atoms with Crippen molar-refractivity contribution in [1.29, 1.82) is 0 Å². The highest BCUT2D eigenvalue weighted by molar-refractivity contribution is 9.10. The summed E-state index contributed by atoms with van der Waals surface area (Å²) < 4.78 is 4.73. The van der Waals surface area contributed by atoms with Gasteiger partial charge in [-0.15, -0.1) is 0 Å². The fraction of sp³-hybridized carbons (Fsp3) is 0.0909. The van der Waals surface area contributed by atoms with Crippen LogP contribution in [0.25, 0.3) is 11.0 Å². The summed E-state index contributed by atoms with van der Waals surface area (Å²) in [6.07, 6.45) is 1.90. The Hall–Kier alpha value is -4.60. The van der Waals surface area contributed by atoms with Crippen LogP contribution in [0, 0.1) is 4.77 Å². The average Bonchev–Trinajstić information content (AvgIpc) is 3.35. The summed E-state index contributed by atoms with van der Waals surface area (Å²) in [4.78, 5) is 33.2. The molecule has 0 saturated carbocycles. The summed E-state index contributed by atoms with van der Waals surface area (Å²) in [5, 5.41) is 13.5. The first-order chi connectivity index (χ1) is 20.4. The molecule has 2 unspecified atom stereocenters. The maximum Gasteiger partial charge on any atom is 0.254 e. The first-order valence-corrected chi connectivity index (χ1v) is 14.5. The molecule has 2 N–H and O–H groups in total. The van der Waals surface area contributed by atoms with Gasteiger partial charge in [0.05, 0.1) is 5.92 Å². The molecular formula is C33H25BrN4O3S. The molecule has 0 saturated heterocycles. The molecule has 2 atom stereocenters. The molecule has 7 nitrogen and oxygen atoms in total. The van der Waals surface area contributed by atoms with Gasteiger partial charge in [0.2, 0.25) is 12.1 Å². The van der Waals surface area contributed by atoms with Gasteiger partial charge in [0, 0.05) is 15.6 Å². The molecule has 6 rings (SSSR count). The number of H-pyrrole nitrogens is 2. The lowest BCUT2D eigenvalue weighted by Crippen LogP contribution is -2.35. The number of para-hydroxylation sites is 2. The Bertz CT molecular complexity index is 2000. The molecule has 2 aromatic heterocycles. The van der Waals surface area contributed by atoms with Gasteiger partial charge < -0.3 is 10.1 Å². The van der Waals surface area contributed by atoms with Crippen LogP contribution < -0.4 is 15.2 Å². The molecular weight excluding hydrogens is 612 g/mol. The summed E-state index contributed by atoms with van der Waals surface area (Å²) in [5.74, 6) is -1.82. The Kier molecular flexibility index (Phi) is 7.69. The third kappa shape index (κ3) is 5.36. The van der Waals surface area contributed by atoms with Gasteiger partial charge in [-0.05, 0) is 53.5 Å². The maximum atomic E-state index is 14.6. The zero-order valence-corrected chi connectivity index (χ0v) is 24.6. The molecule has 0 bridgehead atoms. The normalized spacial score (nSPS) is 12.7. The standard InChI is InChI=1S/C33H25BrN4O3S/c34-24-17-15-22(16-18-24)27(28-31(40)35-33(42)36-32(28)41)29(30(39)23-11-5-2-6-12-23)38-20-37(19-21-9-3-1-4-10-21)25-13-7-8-14-26(25)38/h1-18,20,27,29H,19H2,(H2-,35,36,40,41,42). The summed E-state index contributed by atoms with van der Waals surface area (Å²) in [6, 6.07) is 33.1. The van der Waals surface area contributed by atoms with Crippen LogP contribution in [0.3, 0.4) is 0 Å². The zero-order valence-electron chi connectivity index (χ0n) is 22.2. The molecule has 0 aliphatic heterocycles. The Morgan fingerprint density at radius 1 is 0.881 bits per heavy atom. The molecule has 0 radical (unpaired) electrons. The first-order valence-electron chi connectivity index (χ1n) is 13.3. The minimum Gasteiger partial charge on any atom is -0.860 e. The SMILES string of the molecule is O=C(c1ccccc1)C(C(c1ccc(Br)cc1)c1c([O-])[nH]c(=S)[nH]c1=O)n1c[n+](Cc2ccccc2)c2ccccc21. The number of ketones is 1. The van der Waals surface area contributed by atoms with Gasteiger partial charge in [0.1, 0.15) is 6.54 Å². The number of benzene rings is 4. The van der Waals surface area contributed by atoms with Crippen LogP contribution in [-0.2, 0) is 6.54 Å². The van der Waals surface area contributed by atoms with Gasteiger partial charge in [0.25, 0.3) is 5.56 Å². The predicted molar refractivity (Wildman–Crippen MR) is 165 cm³/mol. The van der Waals surface area contributed by atoms with Crippen LogP contribution >= 0.6 is 28.1 Å². The number of nitrogens with one attached hydrogen (secondary N) is 2. The lowest BCUT2D eigenvalue weighted by atomic mass is 9.82. The number of carbonyl (C=O) groups is 1. The van der Waals surface area contributed by atoms with E-state index in [1.807, 2.05) is 95.8 Å². The lowest BCUT2D eigenvalue weighted by molar-refractivity contribution is -0.663. The van der Waals surface area contributed by atoms with Gasteiger partial charge in [-0.2, -0.15) is 0 Å². The summed E-state index contributed by atoms with van der Waals surface area (Å²) in [6.45, 7) is 0.565. The van der Waals surface area contributed by atoms with E-state index >= 15 is 0 Å². The van der Waals surface area contributed by atoms with Gasteiger partial charge in [-0.1, -0.05) is 101 Å². The Labute approximate surface area is 254 Å². The number of aromatic amines is 2. The molecule has 2 heterocycles. The number of aromatic nitrogens is 4. The molecule has 0 spiro atoms. The number of carbonyl (C=O) groups excluding carboxylic acids is 1. The van der Waals surface area contributed by atoms with Crippen LogP contribution in [0.5, 0.6) is 5.88 Å². The second kappa shape index (κ2) is 11.7. The minimum atomic E-state index is -0.992. The van der Waals surface area contributed by atoms with E-state index < -0.39 is 23.4 Å². The van der Waals surface area contributed by atoms with Crippen molar-refractivity contribution in [2.24, 2.45) is 0 Å². The first kappa shape index (κ1) is 27.6. The third-order valence-electron chi connectivity index (χ3n) is 7.35. The number of fused-ring (bicyclic) bond motifs is 1. The van der Waals surface area contributed by atoms with Crippen molar-refractivity contribution < 1.29 is 14.5 Å². The van der Waals surface area contributed by atoms with Crippen LogP contribution in [0.1, 0.15) is 39.0 Å². The van der Waals surface area contributed by atoms with Crippen LogP contribution in [0.15, 0.2) is 125 Å². The fourth-order valence-corrected chi connectivity index (χ4v) is 5.92. The van der Waals surface area contributed by atoms with Crippen molar-refractivity contribution in [2.75, 3.05) is 0 Å². The fourth-order valence-electron chi connectivity index (χ4n) is 5.47. The number of Topliss-reactive ketones (excluding diaryl/α,β-unsaturated/α-hetero) is 1. The van der Waals surface area contributed by atoms with Crippen molar-refractivity contribution >= 4 is 45.0 Å². The van der Waals surface area contributed by atoms with E-state index in [-0.39, 0.29) is 16.1 Å². The largest absolute Gasteiger partial charge is 0.860 e. The molecule has 208 valence electrons. The summed E-state index contributed by atoms with van der Waals surface area (Å²) >= 11 is 8.57. The van der Waals surface area contributed by atoms with E-state index in [9.17, 15) is 14.7 Å². The molecule has 4 aromatic carbocycles. The van der Waals surface area contributed by atoms with Crippen molar-refractivity contribution in [1.82, 2.24) is 14.5 Å². The second-order valence-corrected chi connectivity index (χ2v) is 11.3. The highest BCUT2D eigenvalue weighted by Gasteiger charge is 2.40. The monoisotopic (exact) mass is 636 g/mol. The van der Waals surface area contributed by atoms with E-state index in [2.05, 4.69) is 30.5 Å². The Balaban J connectivity index is 1.65. The molecule has 0 amide bonds. The Morgan fingerprint density at radius 3 is 2.21 bits per heavy atom. The van der Waals surface area contributed by atoms with Crippen molar-refractivity contribution in [3.8, 4) is 5.88 Å². The molecule has 9 heteroatoms. The van der Waals surface area contributed by atoms with Crippen LogP contribution in [-0.4, -0.2) is 20.3 Å². The molecule has 42 heavy (non-hydrogen) atoms. The van der Waals surface area contributed by atoms with Crippen molar-refractivity contribution in [2.45, 2.75) is 18.5 Å². The number of hydrogen-bond acceptors (Lipinski definition) is 4. The number of rotatable bonds is 8. The van der Waals surface area contributed by atoms with Crippen LogP contribution in [0.4, 0.5) is 0 Å². The maximum absolute atomic E-state index is 14.6. The highest BCUT2D eigenvalue weighted by Crippen LogP contribution is 2.40. The van der Waals surface area contributed by atoms with Gasteiger partial charge in [0.15, 0.2) is 21.8 Å². The number of nitrogens with zero attached hydrogens (tertiary/aromatic N) is 2. The van der Waals surface area contributed by atoms with Crippen molar-refractivity contribution in [3.05, 3.63) is 157 Å². The predicted octanol–water partition coefficient (Wildman–Crippen LogP) is 5.82. The van der Waals surface area contributed by atoms with E-state index in [4.69, 9.17) is 12.2 Å². The smallest absolute Gasteiger partial charge is 0.254 e. The zero-order chi connectivity index (χ0) is 29.2. The minimum absolute atomic E-state index is 0.0682. The highest BCUT2D eigenvalue weighted by atomic mass is 79.9. The topological polar surface area (TPSA) is 97.6 Å². The van der Waals surface area contributed by atoms with Crippen LogP contribution in [0.2, 0.25) is 0 Å². The van der Waals surface area contributed by atoms with E-state index in [1.165, 1.54) is 0 Å².